The van der Waals surface area contributed by atoms with Gasteiger partial charge in [-0.05, 0) is 91.7 Å². The molecule has 2 amide bonds. The van der Waals surface area contributed by atoms with Crippen molar-refractivity contribution in [3.05, 3.63) is 89.0 Å². The van der Waals surface area contributed by atoms with Gasteiger partial charge < -0.3 is 36.4 Å². The van der Waals surface area contributed by atoms with Crippen molar-refractivity contribution in [2.24, 2.45) is 40.2 Å². The summed E-state index contributed by atoms with van der Waals surface area (Å²) >= 11 is 0. The Hall–Kier alpha value is -4.00. The van der Waals surface area contributed by atoms with Crippen LogP contribution < -0.4 is 16.4 Å². The Kier molecular flexibility index (Phi) is 10.5. The van der Waals surface area contributed by atoms with E-state index in [9.17, 15) is 34.5 Å². The van der Waals surface area contributed by atoms with Gasteiger partial charge in [0.2, 0.25) is 11.8 Å². The number of allylic oxidation sites excluding steroid dienone is 4. The Labute approximate surface area is 298 Å². The summed E-state index contributed by atoms with van der Waals surface area (Å²) in [6, 6.07) is 14.0. The summed E-state index contributed by atoms with van der Waals surface area (Å²) in [6.07, 6.45) is 5.53. The molecular formula is C40H49N3O8. The van der Waals surface area contributed by atoms with Crippen LogP contribution >= 0.6 is 0 Å². The number of hydrogen-bond donors (Lipinski definition) is 6. The molecule has 6 rings (SSSR count). The van der Waals surface area contributed by atoms with Crippen molar-refractivity contribution in [3.8, 4) is 0 Å². The Balaban J connectivity index is 1.13. The molecule has 7 N–H and O–H groups in total. The molecule has 0 heterocycles. The number of benzene rings is 2. The van der Waals surface area contributed by atoms with Gasteiger partial charge in [-0.15, -0.1) is 0 Å². The number of anilines is 1. The van der Waals surface area contributed by atoms with Gasteiger partial charge in [0.1, 0.15) is 6.61 Å². The number of carbonyl (C=O) groups is 4. The highest BCUT2D eigenvalue weighted by Crippen LogP contribution is 2.66. The smallest absolute Gasteiger partial charge is 0.243 e. The van der Waals surface area contributed by atoms with Crippen LogP contribution in [0.2, 0.25) is 0 Å². The molecule has 0 bridgehead atoms. The van der Waals surface area contributed by atoms with Crippen LogP contribution in [0.3, 0.4) is 0 Å². The van der Waals surface area contributed by atoms with Crippen molar-refractivity contribution < 1.29 is 39.2 Å². The number of carbonyl (C=O) groups excluding carboxylic acids is 4. The lowest BCUT2D eigenvalue weighted by molar-refractivity contribution is -0.167. The first kappa shape index (κ1) is 36.8. The predicted octanol–water partition coefficient (Wildman–Crippen LogP) is 3.12. The number of fused-ring (bicyclic) bond motifs is 5. The summed E-state index contributed by atoms with van der Waals surface area (Å²) in [6.45, 7) is 4.83. The number of Topliss-reactive ketones (excluding diaryl/α,β-unsaturated/α-hetero) is 1. The average Bonchev–Trinajstić information content (AvgIpc) is 3.38. The molecule has 0 aromatic heterocycles. The molecular weight excluding hydrogens is 650 g/mol. The van der Waals surface area contributed by atoms with Gasteiger partial charge in [-0.2, -0.15) is 0 Å². The number of rotatable bonds is 11. The zero-order valence-electron chi connectivity index (χ0n) is 29.4. The van der Waals surface area contributed by atoms with E-state index in [2.05, 4.69) is 17.6 Å². The molecule has 2 aromatic carbocycles. The van der Waals surface area contributed by atoms with Crippen LogP contribution in [0.5, 0.6) is 0 Å². The number of ketones is 2. The number of amides is 2. The van der Waals surface area contributed by atoms with Gasteiger partial charge in [0.15, 0.2) is 17.9 Å². The maximum atomic E-state index is 13.4. The van der Waals surface area contributed by atoms with E-state index in [-0.39, 0.29) is 41.8 Å². The van der Waals surface area contributed by atoms with Crippen molar-refractivity contribution in [1.82, 2.24) is 5.32 Å². The fourth-order valence-corrected chi connectivity index (χ4v) is 9.70. The van der Waals surface area contributed by atoms with Gasteiger partial charge >= 0.3 is 0 Å². The molecule has 3 fully saturated rings. The van der Waals surface area contributed by atoms with Crippen LogP contribution in [0.4, 0.5) is 5.69 Å². The second-order valence-electron chi connectivity index (χ2n) is 15.3. The lowest BCUT2D eigenvalue weighted by Gasteiger charge is -2.58. The van der Waals surface area contributed by atoms with E-state index in [1.165, 1.54) is 0 Å². The third-order valence-electron chi connectivity index (χ3n) is 12.0. The molecule has 3 saturated carbocycles. The normalized spacial score (nSPS) is 32.1. The quantitative estimate of drug-likeness (QED) is 0.192. The van der Waals surface area contributed by atoms with Crippen LogP contribution in [-0.2, 0) is 30.3 Å². The van der Waals surface area contributed by atoms with E-state index in [4.69, 9.17) is 10.5 Å². The van der Waals surface area contributed by atoms with E-state index in [0.717, 1.165) is 29.5 Å². The second kappa shape index (κ2) is 14.6. The van der Waals surface area contributed by atoms with Crippen molar-refractivity contribution in [2.45, 2.75) is 77.4 Å². The molecule has 0 saturated heterocycles. The zero-order chi connectivity index (χ0) is 36.7. The van der Waals surface area contributed by atoms with Crippen molar-refractivity contribution in [2.75, 3.05) is 18.5 Å². The lowest BCUT2D eigenvalue weighted by Crippen LogP contribution is -2.56. The first-order valence-electron chi connectivity index (χ1n) is 17.8. The van der Waals surface area contributed by atoms with Gasteiger partial charge in [0.25, 0.3) is 0 Å². The maximum absolute atomic E-state index is 13.4. The number of aliphatic hydroxyl groups excluding tert-OH is 3. The topological polar surface area (TPSA) is 188 Å². The molecule has 2 unspecified atom stereocenters. The summed E-state index contributed by atoms with van der Waals surface area (Å²) in [5.74, 6) is -1.88. The minimum Gasteiger partial charge on any atom is -0.393 e. The largest absolute Gasteiger partial charge is 0.393 e. The highest BCUT2D eigenvalue weighted by atomic mass is 16.6. The molecule has 4 aliphatic carbocycles. The third-order valence-corrected chi connectivity index (χ3v) is 12.0. The molecule has 51 heavy (non-hydrogen) atoms. The van der Waals surface area contributed by atoms with Crippen LogP contribution in [-0.4, -0.2) is 70.1 Å². The molecule has 0 radical (unpaired) electrons. The number of nitrogens with two attached hydrogens (primary N) is 1. The van der Waals surface area contributed by atoms with Crippen LogP contribution in [0.1, 0.15) is 69.4 Å². The summed E-state index contributed by atoms with van der Waals surface area (Å²) in [5.41, 5.74) is 8.51. The third kappa shape index (κ3) is 7.23. The maximum Gasteiger partial charge on any atom is 0.243 e. The predicted molar refractivity (Wildman–Crippen MR) is 190 cm³/mol. The molecule has 11 heteroatoms. The van der Waals surface area contributed by atoms with E-state index >= 15 is 0 Å². The highest BCUT2D eigenvalue weighted by Gasteiger charge is 2.65. The minimum absolute atomic E-state index is 0.0179. The number of ether oxygens (including phenoxy) is 1. The van der Waals surface area contributed by atoms with Gasteiger partial charge in [0.05, 0.1) is 30.7 Å². The van der Waals surface area contributed by atoms with E-state index in [0.29, 0.717) is 30.5 Å². The van der Waals surface area contributed by atoms with E-state index < -0.39 is 53.8 Å². The van der Waals surface area contributed by atoms with Gasteiger partial charge in [-0.3, -0.25) is 19.2 Å². The van der Waals surface area contributed by atoms with E-state index in [1.807, 2.05) is 43.3 Å². The molecule has 272 valence electrons. The summed E-state index contributed by atoms with van der Waals surface area (Å²) < 4.78 is 6.31. The van der Waals surface area contributed by atoms with Gasteiger partial charge in [-0.1, -0.05) is 61.9 Å². The molecule has 10 atom stereocenters. The zero-order valence-corrected chi connectivity index (χ0v) is 29.4. The van der Waals surface area contributed by atoms with Crippen LogP contribution in [0, 0.1) is 34.5 Å². The highest BCUT2D eigenvalue weighted by molar-refractivity contribution is 6.01. The van der Waals surface area contributed by atoms with Crippen LogP contribution in [0.15, 0.2) is 72.3 Å². The fourth-order valence-electron chi connectivity index (χ4n) is 9.70. The number of hydrogen-bond acceptors (Lipinski definition) is 9. The number of nitrogens with one attached hydrogen (secondary N) is 2. The standard InChI is InChI=1S/C40H49N3O8/c1-22(41)37(49)42-20-34(48)43-27-6-4-5-24(16-27)15-23-7-9-25(10-8-23)38(50)51-33-18-30-29-12-11-26-17-28(45)13-14-39(26,2)35(29)31(46)19-40(30,3)36(33)32(47)21-44/h4-10,13-14,16-17,22,29-31,33,35-36,38,44,46,50H,11-12,15,18-21,41H2,1-3H3,(H,42,49)(H,43,48)/t22-,29-,30?,31-,33+,35?,36-,38-,39-,40-/m0/s1. The Morgan fingerprint density at radius 3 is 2.55 bits per heavy atom. The second-order valence-corrected chi connectivity index (χ2v) is 15.3. The molecule has 2 aromatic rings. The molecule has 0 spiro atoms. The van der Waals surface area contributed by atoms with Crippen molar-refractivity contribution >= 4 is 29.1 Å². The van der Waals surface area contributed by atoms with Crippen LogP contribution in [0.25, 0.3) is 0 Å². The Morgan fingerprint density at radius 2 is 1.84 bits per heavy atom. The van der Waals surface area contributed by atoms with Gasteiger partial charge in [-0.25, -0.2) is 0 Å². The Morgan fingerprint density at radius 1 is 1.10 bits per heavy atom. The summed E-state index contributed by atoms with van der Waals surface area (Å²) in [5, 5.41) is 38.3. The fraction of sp³-hybridized carbons (Fsp3) is 0.500. The van der Waals surface area contributed by atoms with Crippen molar-refractivity contribution in [1.29, 1.82) is 0 Å². The Bertz CT molecular complexity index is 1740. The number of aliphatic hydroxyl groups is 3. The van der Waals surface area contributed by atoms with Gasteiger partial charge in [0, 0.05) is 22.6 Å². The SMILES string of the molecule is C[C@H](N)C(=O)NCC(=O)Nc1cccc(Cc2ccc([C@@H](O)O[C@@H]3CC4[C@@H]5CCC6=CC(=O)C=C[C@]6(C)C5[C@@H](O)C[C@]4(C)[C@H]3C(=O)CO)cc2)c1. The average molecular weight is 700 g/mol. The molecule has 4 aliphatic rings. The summed E-state index contributed by atoms with van der Waals surface area (Å²) in [4.78, 5) is 49.5. The monoisotopic (exact) mass is 699 g/mol. The molecule has 11 nitrogen and oxygen atoms in total. The van der Waals surface area contributed by atoms with E-state index in [1.54, 1.807) is 37.3 Å². The first-order chi connectivity index (χ1) is 24.2. The summed E-state index contributed by atoms with van der Waals surface area (Å²) in [7, 11) is 0. The van der Waals surface area contributed by atoms with Crippen molar-refractivity contribution in [3.63, 3.8) is 0 Å². The minimum atomic E-state index is -1.31. The molecule has 0 aliphatic heterocycles. The lowest BCUT2D eigenvalue weighted by atomic mass is 9.46. The first-order valence-corrected chi connectivity index (χ1v) is 17.8.